The molecule has 4 rings (SSSR count). The van der Waals surface area contributed by atoms with E-state index >= 15 is 0 Å². The standard InChI is InChI=1S/C33H29F9O5/c1-3-10-43-11-12-44-23-8-9-29(45-18-23)22-7-6-21(25(34)16-22)5-4-20-14-26(35)30(27(36)15-20)32(38,39)46-24-13-19(2)31(28(37)17-24)47-33(40,41)42/h6-7,13-17,23,29H,3,8-12,18H2,1-2H3. The second kappa shape index (κ2) is 15.3. The molecular weight excluding hydrogens is 647 g/mol. The van der Waals surface area contributed by atoms with E-state index in [9.17, 15) is 39.5 Å². The van der Waals surface area contributed by atoms with E-state index in [0.717, 1.165) is 13.3 Å². The number of hydrogen-bond donors (Lipinski definition) is 0. The SMILES string of the molecule is CCCOCCOC1CCC(c2ccc(C#Cc3cc(F)c(C(F)(F)Oc4cc(C)c(OC(F)(F)F)c(F)c4)c(F)c3)c(F)c2)OC1. The van der Waals surface area contributed by atoms with E-state index in [1.54, 1.807) is 6.07 Å². The van der Waals surface area contributed by atoms with Crippen LogP contribution >= 0.6 is 0 Å². The topological polar surface area (TPSA) is 46.2 Å². The molecule has 254 valence electrons. The summed E-state index contributed by atoms with van der Waals surface area (Å²) in [5.74, 6) is -3.62. The zero-order valence-electron chi connectivity index (χ0n) is 25.1. The molecule has 3 aromatic carbocycles. The zero-order valence-corrected chi connectivity index (χ0v) is 25.1. The van der Waals surface area contributed by atoms with E-state index in [0.29, 0.717) is 63.0 Å². The van der Waals surface area contributed by atoms with E-state index in [1.165, 1.54) is 12.1 Å². The van der Waals surface area contributed by atoms with Crippen LogP contribution in [0.5, 0.6) is 11.5 Å². The monoisotopic (exact) mass is 676 g/mol. The van der Waals surface area contributed by atoms with Crippen LogP contribution in [0.3, 0.4) is 0 Å². The highest BCUT2D eigenvalue weighted by molar-refractivity contribution is 5.46. The molecule has 2 unspecified atom stereocenters. The van der Waals surface area contributed by atoms with Gasteiger partial charge in [-0.15, -0.1) is 13.2 Å². The van der Waals surface area contributed by atoms with Gasteiger partial charge in [0.25, 0.3) is 0 Å². The Kier molecular flexibility index (Phi) is 11.7. The first kappa shape index (κ1) is 35.9. The van der Waals surface area contributed by atoms with Crippen molar-refractivity contribution in [1.82, 2.24) is 0 Å². The predicted molar refractivity (Wildman–Crippen MR) is 150 cm³/mol. The van der Waals surface area contributed by atoms with Crippen LogP contribution in [-0.2, 0) is 20.3 Å². The van der Waals surface area contributed by atoms with Gasteiger partial charge in [0, 0.05) is 18.2 Å². The second-order valence-corrected chi connectivity index (χ2v) is 10.5. The Morgan fingerprint density at radius 1 is 0.809 bits per heavy atom. The number of halogens is 9. The van der Waals surface area contributed by atoms with Gasteiger partial charge in [-0.25, -0.2) is 17.6 Å². The first-order valence-electron chi connectivity index (χ1n) is 14.4. The molecule has 1 fully saturated rings. The highest BCUT2D eigenvalue weighted by atomic mass is 19.4. The lowest BCUT2D eigenvalue weighted by atomic mass is 9.98. The van der Waals surface area contributed by atoms with Crippen molar-refractivity contribution in [3.05, 3.63) is 93.6 Å². The second-order valence-electron chi connectivity index (χ2n) is 10.5. The van der Waals surface area contributed by atoms with Gasteiger partial charge in [0.2, 0.25) is 0 Å². The maximum absolute atomic E-state index is 14.9. The van der Waals surface area contributed by atoms with Crippen molar-refractivity contribution in [2.75, 3.05) is 26.4 Å². The fourth-order valence-corrected chi connectivity index (χ4v) is 4.74. The van der Waals surface area contributed by atoms with Gasteiger partial charge in [0.05, 0.1) is 37.6 Å². The van der Waals surface area contributed by atoms with Gasteiger partial charge in [-0.1, -0.05) is 24.8 Å². The maximum Gasteiger partial charge on any atom is 0.573 e. The fourth-order valence-electron chi connectivity index (χ4n) is 4.74. The largest absolute Gasteiger partial charge is 0.573 e. The Hall–Kier alpha value is -3.93. The Balaban J connectivity index is 1.42. The smallest absolute Gasteiger partial charge is 0.429 e. The Bertz CT molecular complexity index is 1560. The van der Waals surface area contributed by atoms with Crippen molar-refractivity contribution in [2.24, 2.45) is 0 Å². The summed E-state index contributed by atoms with van der Waals surface area (Å²) in [6.07, 6.45) is -8.30. The maximum atomic E-state index is 14.9. The van der Waals surface area contributed by atoms with Gasteiger partial charge in [-0.2, -0.15) is 8.78 Å². The minimum Gasteiger partial charge on any atom is -0.429 e. The highest BCUT2D eigenvalue weighted by Crippen LogP contribution is 2.38. The summed E-state index contributed by atoms with van der Waals surface area (Å²) in [5, 5.41) is 0. The van der Waals surface area contributed by atoms with Crippen LogP contribution in [0.4, 0.5) is 39.5 Å². The van der Waals surface area contributed by atoms with Gasteiger partial charge in [0.15, 0.2) is 11.6 Å². The van der Waals surface area contributed by atoms with Gasteiger partial charge in [-0.3, -0.25) is 0 Å². The molecule has 0 saturated carbocycles. The molecule has 3 aromatic rings. The molecular formula is C33H29F9O5. The molecule has 2 atom stereocenters. The fraction of sp³-hybridized carbons (Fsp3) is 0.394. The van der Waals surface area contributed by atoms with E-state index in [4.69, 9.17) is 14.2 Å². The third-order valence-corrected chi connectivity index (χ3v) is 6.87. The van der Waals surface area contributed by atoms with E-state index < -0.39 is 63.9 Å². The number of ether oxygens (including phenoxy) is 5. The first-order valence-corrected chi connectivity index (χ1v) is 14.4. The van der Waals surface area contributed by atoms with Gasteiger partial charge >= 0.3 is 12.5 Å². The molecule has 1 aliphatic heterocycles. The van der Waals surface area contributed by atoms with Crippen molar-refractivity contribution in [3.8, 4) is 23.3 Å². The summed E-state index contributed by atoms with van der Waals surface area (Å²) in [7, 11) is 0. The Morgan fingerprint density at radius 3 is 2.13 bits per heavy atom. The average molecular weight is 677 g/mol. The third kappa shape index (κ3) is 9.79. The van der Waals surface area contributed by atoms with Gasteiger partial charge in [0.1, 0.15) is 28.8 Å². The van der Waals surface area contributed by atoms with Crippen molar-refractivity contribution >= 4 is 0 Å². The summed E-state index contributed by atoms with van der Waals surface area (Å²) in [4.78, 5) is 0. The average Bonchev–Trinajstić information content (AvgIpc) is 2.97. The molecule has 5 nitrogen and oxygen atoms in total. The van der Waals surface area contributed by atoms with Crippen LogP contribution in [0.15, 0.2) is 42.5 Å². The van der Waals surface area contributed by atoms with Crippen LogP contribution in [0.2, 0.25) is 0 Å². The molecule has 0 spiro atoms. The van der Waals surface area contributed by atoms with Crippen molar-refractivity contribution in [2.45, 2.75) is 57.8 Å². The summed E-state index contributed by atoms with van der Waals surface area (Å²) in [5.41, 5.74) is -2.43. The molecule has 0 radical (unpaired) electrons. The minimum absolute atomic E-state index is 0.106. The zero-order chi connectivity index (χ0) is 34.4. The predicted octanol–water partition coefficient (Wildman–Crippen LogP) is 8.64. The van der Waals surface area contributed by atoms with E-state index in [-0.39, 0.29) is 23.8 Å². The molecule has 0 N–H and O–H groups in total. The number of aryl methyl sites for hydroxylation is 1. The molecule has 0 amide bonds. The lowest BCUT2D eigenvalue weighted by Gasteiger charge is -2.29. The molecule has 0 bridgehead atoms. The van der Waals surface area contributed by atoms with Crippen molar-refractivity contribution in [1.29, 1.82) is 0 Å². The van der Waals surface area contributed by atoms with Crippen LogP contribution in [0.25, 0.3) is 0 Å². The lowest BCUT2D eigenvalue weighted by molar-refractivity contribution is -0.275. The van der Waals surface area contributed by atoms with E-state index in [1.807, 2.05) is 6.92 Å². The summed E-state index contributed by atoms with van der Waals surface area (Å²) < 4.78 is 150. The summed E-state index contributed by atoms with van der Waals surface area (Å²) in [6, 6.07) is 5.82. The van der Waals surface area contributed by atoms with Crippen LogP contribution in [0.1, 0.15) is 60.1 Å². The van der Waals surface area contributed by atoms with Crippen molar-refractivity contribution in [3.63, 3.8) is 0 Å². The van der Waals surface area contributed by atoms with Crippen molar-refractivity contribution < 1.29 is 63.2 Å². The van der Waals surface area contributed by atoms with Gasteiger partial charge in [-0.05, 0) is 67.6 Å². The summed E-state index contributed by atoms with van der Waals surface area (Å²) in [6.45, 7) is 4.83. The van der Waals surface area contributed by atoms with Crippen LogP contribution in [0, 0.1) is 42.0 Å². The molecule has 0 aromatic heterocycles. The number of hydrogen-bond acceptors (Lipinski definition) is 5. The Labute approximate surface area is 264 Å². The molecule has 1 aliphatic rings. The van der Waals surface area contributed by atoms with E-state index in [2.05, 4.69) is 21.3 Å². The normalized spacial score (nSPS) is 16.8. The van der Waals surface area contributed by atoms with Crippen LogP contribution in [-0.4, -0.2) is 38.9 Å². The Morgan fingerprint density at radius 2 is 1.53 bits per heavy atom. The molecule has 14 heteroatoms. The first-order chi connectivity index (χ1) is 22.2. The number of rotatable bonds is 11. The molecule has 1 heterocycles. The van der Waals surface area contributed by atoms with Gasteiger partial charge < -0.3 is 23.7 Å². The molecule has 47 heavy (non-hydrogen) atoms. The summed E-state index contributed by atoms with van der Waals surface area (Å²) >= 11 is 0. The third-order valence-electron chi connectivity index (χ3n) is 6.87. The van der Waals surface area contributed by atoms with Crippen LogP contribution < -0.4 is 9.47 Å². The highest BCUT2D eigenvalue weighted by Gasteiger charge is 2.42. The quantitative estimate of drug-likeness (QED) is 0.116. The minimum atomic E-state index is -5.27. The lowest BCUT2D eigenvalue weighted by Crippen LogP contribution is -2.28. The molecule has 1 saturated heterocycles. The number of alkyl halides is 5. The molecule has 0 aliphatic carbocycles. The number of benzene rings is 3.